The van der Waals surface area contributed by atoms with Gasteiger partial charge in [0, 0.05) is 40.2 Å². The predicted molar refractivity (Wildman–Crippen MR) is 218 cm³/mol. The molecule has 0 aromatic carbocycles. The quantitative estimate of drug-likeness (QED) is 0.0453. The maximum Gasteiger partial charge on any atom is 0.222 e. The molecule has 1 heterocycles. The number of thiocarbonyl (C=S) groups is 1. The summed E-state index contributed by atoms with van der Waals surface area (Å²) in [5.41, 5.74) is 0. The minimum Gasteiger partial charge on any atom is -0.388 e. The van der Waals surface area contributed by atoms with E-state index in [4.69, 9.17) is 21.7 Å². The van der Waals surface area contributed by atoms with Crippen LogP contribution in [0.4, 0.5) is 0 Å². The average Bonchev–Trinajstić information content (AvgIpc) is 3.13. The first kappa shape index (κ1) is 48.0. The monoisotopic (exact) mass is 742 g/mol. The van der Waals surface area contributed by atoms with Crippen molar-refractivity contribution >= 4 is 23.2 Å². The number of hydrogen-bond acceptors (Lipinski definition) is 6. The van der Waals surface area contributed by atoms with Gasteiger partial charge in [-0.2, -0.15) is 0 Å². The normalized spacial score (nSPS) is 20.4. The van der Waals surface area contributed by atoms with Crippen LogP contribution in [0.3, 0.4) is 0 Å². The van der Waals surface area contributed by atoms with Crippen molar-refractivity contribution in [3.63, 3.8) is 0 Å². The maximum atomic E-state index is 13.6. The van der Waals surface area contributed by atoms with Gasteiger partial charge in [-0.25, -0.2) is 0 Å². The van der Waals surface area contributed by atoms with E-state index in [1.807, 2.05) is 16.7 Å². The molecule has 0 saturated carbocycles. The van der Waals surface area contributed by atoms with E-state index in [0.717, 1.165) is 32.1 Å². The van der Waals surface area contributed by atoms with Gasteiger partial charge in [0.2, 0.25) is 5.91 Å². The van der Waals surface area contributed by atoms with Gasteiger partial charge in [-0.05, 0) is 31.5 Å². The van der Waals surface area contributed by atoms with Crippen LogP contribution in [0.25, 0.3) is 0 Å². The van der Waals surface area contributed by atoms with Gasteiger partial charge in [-0.15, -0.1) is 0 Å². The van der Waals surface area contributed by atoms with Crippen LogP contribution in [0.2, 0.25) is 0 Å². The Morgan fingerprint density at radius 1 is 0.647 bits per heavy atom. The first-order valence-corrected chi connectivity index (χ1v) is 22.1. The SMILES string of the molecule is CCCCCCCCCCCCCCCCCCN(C[C@H]1O[C@H](OC)[C@@H](N(CCC)C(=S)NC)[C@@H](O)[C@@H]1O)C(=O)CCCCCCCCCCC. The number of aliphatic hydroxyl groups is 2. The van der Waals surface area contributed by atoms with Gasteiger partial charge < -0.3 is 34.8 Å². The topological polar surface area (TPSA) is 94.5 Å². The molecule has 0 aliphatic carbocycles. The van der Waals surface area contributed by atoms with E-state index in [1.165, 1.54) is 135 Å². The van der Waals surface area contributed by atoms with Crippen LogP contribution in [-0.2, 0) is 14.3 Å². The second-order valence-corrected chi connectivity index (χ2v) is 15.6. The van der Waals surface area contributed by atoms with Gasteiger partial charge >= 0.3 is 0 Å². The van der Waals surface area contributed by atoms with Crippen LogP contribution in [0, 0.1) is 0 Å². The summed E-state index contributed by atoms with van der Waals surface area (Å²) in [6.07, 6.45) is 29.3. The molecule has 1 rings (SSSR count). The van der Waals surface area contributed by atoms with Gasteiger partial charge in [0.25, 0.3) is 0 Å². The van der Waals surface area contributed by atoms with Gasteiger partial charge in [0.05, 0.1) is 0 Å². The lowest BCUT2D eigenvalue weighted by molar-refractivity contribution is -0.271. The highest BCUT2D eigenvalue weighted by Gasteiger charge is 2.48. The zero-order valence-electron chi connectivity index (χ0n) is 34.0. The Morgan fingerprint density at radius 2 is 1.08 bits per heavy atom. The molecule has 302 valence electrons. The van der Waals surface area contributed by atoms with Gasteiger partial charge in [0.1, 0.15) is 24.4 Å². The smallest absolute Gasteiger partial charge is 0.222 e. The number of rotatable bonds is 33. The van der Waals surface area contributed by atoms with Crippen molar-refractivity contribution in [2.75, 3.05) is 33.8 Å². The molecular weight excluding hydrogens is 659 g/mol. The Hall–Kier alpha value is -1.00. The molecule has 0 aromatic rings. The summed E-state index contributed by atoms with van der Waals surface area (Å²) in [7, 11) is 3.30. The number of amides is 1. The van der Waals surface area contributed by atoms with Gasteiger partial charge in [-0.3, -0.25) is 4.79 Å². The summed E-state index contributed by atoms with van der Waals surface area (Å²) >= 11 is 5.53. The summed E-state index contributed by atoms with van der Waals surface area (Å²) in [4.78, 5) is 17.3. The van der Waals surface area contributed by atoms with E-state index in [9.17, 15) is 15.0 Å². The Balaban J connectivity index is 2.60. The fourth-order valence-corrected chi connectivity index (χ4v) is 7.71. The van der Waals surface area contributed by atoms with E-state index in [2.05, 4.69) is 19.2 Å². The molecule has 0 bridgehead atoms. The van der Waals surface area contributed by atoms with Crippen molar-refractivity contribution in [3.8, 4) is 0 Å². The molecule has 9 heteroatoms. The highest BCUT2D eigenvalue weighted by molar-refractivity contribution is 7.80. The molecule has 51 heavy (non-hydrogen) atoms. The Bertz CT molecular complexity index is 834. The standard InChI is InChI=1S/C42H83N3O5S/c1-6-9-11-13-15-17-18-19-20-21-22-23-25-27-29-31-34-44(37(46)32-30-28-26-24-16-14-12-10-7-2)35-36-39(47)40(48)38(41(49-5)50-36)45(33-8-3)42(51)43-4/h36,38-41,47-48H,6-35H2,1-5H3,(H,43,51)/t36-,38+,39-,40-,41+/m1/s1. The number of carbonyl (C=O) groups excluding carboxylic acids is 1. The molecule has 1 amide bonds. The van der Waals surface area contributed by atoms with Crippen LogP contribution < -0.4 is 5.32 Å². The lowest BCUT2D eigenvalue weighted by Crippen LogP contribution is -2.67. The van der Waals surface area contributed by atoms with E-state index >= 15 is 0 Å². The molecule has 0 unspecified atom stereocenters. The number of unbranched alkanes of at least 4 members (excludes halogenated alkanes) is 23. The largest absolute Gasteiger partial charge is 0.388 e. The molecule has 0 aromatic heterocycles. The summed E-state index contributed by atoms with van der Waals surface area (Å²) < 4.78 is 12.0. The molecule has 3 N–H and O–H groups in total. The molecule has 8 nitrogen and oxygen atoms in total. The predicted octanol–water partition coefficient (Wildman–Crippen LogP) is 9.68. The Kier molecular flexibility index (Phi) is 30.5. The van der Waals surface area contributed by atoms with E-state index in [1.54, 1.807) is 14.2 Å². The van der Waals surface area contributed by atoms with Crippen LogP contribution >= 0.6 is 12.2 Å². The zero-order chi connectivity index (χ0) is 37.5. The highest BCUT2D eigenvalue weighted by atomic mass is 32.1. The fraction of sp³-hybridized carbons (Fsp3) is 0.952. The van der Waals surface area contributed by atoms with E-state index in [-0.39, 0.29) is 12.5 Å². The second-order valence-electron chi connectivity index (χ2n) is 15.2. The lowest BCUT2D eigenvalue weighted by atomic mass is 9.94. The number of carbonyl (C=O) groups is 1. The third kappa shape index (κ3) is 21.5. The van der Waals surface area contributed by atoms with Crippen molar-refractivity contribution < 1.29 is 24.5 Å². The zero-order valence-corrected chi connectivity index (χ0v) is 34.8. The number of nitrogens with zero attached hydrogens (tertiary/aromatic N) is 2. The number of ether oxygens (including phenoxy) is 2. The van der Waals surface area contributed by atoms with Crippen molar-refractivity contribution in [2.24, 2.45) is 0 Å². The minimum atomic E-state index is -1.17. The molecule has 0 radical (unpaired) electrons. The van der Waals surface area contributed by atoms with E-state index in [0.29, 0.717) is 24.6 Å². The first-order valence-electron chi connectivity index (χ1n) is 21.7. The summed E-state index contributed by atoms with van der Waals surface area (Å²) in [5.74, 6) is 0.115. The number of aliphatic hydroxyl groups excluding tert-OH is 2. The van der Waals surface area contributed by atoms with E-state index < -0.39 is 30.6 Å². The summed E-state index contributed by atoms with van der Waals surface area (Å²) in [6, 6.07) is -0.660. The van der Waals surface area contributed by atoms with Gasteiger partial charge in [0.15, 0.2) is 11.4 Å². The Morgan fingerprint density at radius 3 is 1.49 bits per heavy atom. The number of nitrogens with one attached hydrogen (secondary N) is 1. The molecule has 1 fully saturated rings. The van der Waals surface area contributed by atoms with Crippen LogP contribution in [0.15, 0.2) is 0 Å². The molecule has 1 aliphatic rings. The molecule has 1 saturated heterocycles. The summed E-state index contributed by atoms with van der Waals surface area (Å²) in [5, 5.41) is 26.2. The van der Waals surface area contributed by atoms with Crippen LogP contribution in [0.5, 0.6) is 0 Å². The lowest BCUT2D eigenvalue weighted by Gasteiger charge is -2.48. The van der Waals surface area contributed by atoms with Crippen molar-refractivity contribution in [1.82, 2.24) is 15.1 Å². The average molecular weight is 742 g/mol. The number of methoxy groups -OCH3 is 1. The van der Waals surface area contributed by atoms with Crippen LogP contribution in [0.1, 0.15) is 194 Å². The molecule has 0 spiro atoms. The maximum absolute atomic E-state index is 13.6. The summed E-state index contributed by atoms with van der Waals surface area (Å²) in [6.45, 7) is 8.04. The van der Waals surface area contributed by atoms with Crippen molar-refractivity contribution in [1.29, 1.82) is 0 Å². The fourth-order valence-electron chi connectivity index (χ4n) is 7.49. The second kappa shape index (κ2) is 32.4. The number of hydrogen-bond donors (Lipinski definition) is 3. The minimum absolute atomic E-state index is 0.115. The first-order chi connectivity index (χ1) is 24.9. The molecular formula is C42H83N3O5S. The molecule has 1 aliphatic heterocycles. The van der Waals surface area contributed by atoms with Crippen molar-refractivity contribution in [2.45, 2.75) is 225 Å². The highest BCUT2D eigenvalue weighted by Crippen LogP contribution is 2.28. The van der Waals surface area contributed by atoms with Gasteiger partial charge in [-0.1, -0.05) is 168 Å². The Labute approximate surface area is 320 Å². The van der Waals surface area contributed by atoms with Crippen LogP contribution in [-0.4, -0.2) is 95.5 Å². The third-order valence-corrected chi connectivity index (χ3v) is 11.2. The third-order valence-electron chi connectivity index (χ3n) is 10.7. The molecule has 5 atom stereocenters. The van der Waals surface area contributed by atoms with Crippen molar-refractivity contribution in [3.05, 3.63) is 0 Å².